The third kappa shape index (κ3) is 5.05. The van der Waals surface area contributed by atoms with Gasteiger partial charge in [0.25, 0.3) is 5.69 Å². The summed E-state index contributed by atoms with van der Waals surface area (Å²) in [6.45, 7) is 5.34. The van der Waals surface area contributed by atoms with Crippen molar-refractivity contribution in [2.75, 3.05) is 0 Å². The van der Waals surface area contributed by atoms with E-state index in [-0.39, 0.29) is 12.1 Å². The minimum atomic E-state index is -0.549. The summed E-state index contributed by atoms with van der Waals surface area (Å²) < 4.78 is 5.16. The van der Waals surface area contributed by atoms with Crippen molar-refractivity contribution in [1.82, 2.24) is 0 Å². The molecule has 0 amide bonds. The molecule has 1 aromatic rings. The lowest BCUT2D eigenvalue weighted by atomic mass is 10.0. The topological polar surface area (TPSA) is 95.5 Å². The van der Waals surface area contributed by atoms with Gasteiger partial charge in [0.2, 0.25) is 0 Å². The molecule has 1 atom stereocenters. The van der Waals surface area contributed by atoms with Crippen molar-refractivity contribution < 1.29 is 14.5 Å². The second-order valence-corrected chi connectivity index (χ2v) is 5.25. The van der Waals surface area contributed by atoms with Crippen molar-refractivity contribution in [3.8, 4) is 0 Å². The first-order chi connectivity index (χ1) is 8.69. The Balaban J connectivity index is 2.65. The van der Waals surface area contributed by atoms with Crippen LogP contribution >= 0.6 is 0 Å². The molecule has 0 spiro atoms. The quantitative estimate of drug-likeness (QED) is 0.512. The van der Waals surface area contributed by atoms with Crippen LogP contribution in [0.1, 0.15) is 38.8 Å². The average molecular weight is 266 g/mol. The molecule has 0 saturated heterocycles. The Hall–Kier alpha value is -1.95. The molecule has 0 radical (unpaired) electrons. The van der Waals surface area contributed by atoms with Gasteiger partial charge in [0.05, 0.1) is 11.3 Å². The fourth-order valence-electron chi connectivity index (χ4n) is 1.52. The number of carbonyl (C=O) groups excluding carboxylic acids is 1. The summed E-state index contributed by atoms with van der Waals surface area (Å²) >= 11 is 0. The van der Waals surface area contributed by atoms with Crippen molar-refractivity contribution in [2.45, 2.75) is 38.8 Å². The van der Waals surface area contributed by atoms with E-state index in [2.05, 4.69) is 0 Å². The maximum absolute atomic E-state index is 11.6. The van der Waals surface area contributed by atoms with Gasteiger partial charge in [-0.05, 0) is 26.3 Å². The van der Waals surface area contributed by atoms with Crippen LogP contribution < -0.4 is 5.73 Å². The summed E-state index contributed by atoms with van der Waals surface area (Å²) in [5.41, 5.74) is 5.98. The SMILES string of the molecule is CC(C)(C)OC(=O)C[C@@H](N)c1ccc([N+](=O)[O-])cc1. The molecule has 2 N–H and O–H groups in total. The van der Waals surface area contributed by atoms with Gasteiger partial charge in [-0.1, -0.05) is 12.1 Å². The van der Waals surface area contributed by atoms with Gasteiger partial charge in [0.15, 0.2) is 0 Å². The van der Waals surface area contributed by atoms with Gasteiger partial charge < -0.3 is 10.5 Å². The molecule has 0 unspecified atom stereocenters. The summed E-state index contributed by atoms with van der Waals surface area (Å²) in [4.78, 5) is 21.6. The number of esters is 1. The maximum atomic E-state index is 11.6. The van der Waals surface area contributed by atoms with E-state index in [1.165, 1.54) is 12.1 Å². The van der Waals surface area contributed by atoms with Crippen molar-refractivity contribution in [1.29, 1.82) is 0 Å². The first-order valence-corrected chi connectivity index (χ1v) is 5.91. The second-order valence-electron chi connectivity index (χ2n) is 5.25. The molecule has 0 heterocycles. The molecule has 1 rings (SSSR count). The largest absolute Gasteiger partial charge is 0.460 e. The van der Waals surface area contributed by atoms with E-state index in [1.54, 1.807) is 32.9 Å². The molecule has 0 bridgehead atoms. The molecule has 0 aliphatic carbocycles. The Morgan fingerprint density at radius 2 is 1.89 bits per heavy atom. The van der Waals surface area contributed by atoms with E-state index in [1.807, 2.05) is 0 Å². The van der Waals surface area contributed by atoms with E-state index >= 15 is 0 Å². The number of hydrogen-bond acceptors (Lipinski definition) is 5. The number of nitrogens with two attached hydrogens (primary N) is 1. The smallest absolute Gasteiger partial charge is 0.308 e. The molecule has 6 nitrogen and oxygen atoms in total. The van der Waals surface area contributed by atoms with Crippen molar-refractivity contribution in [3.63, 3.8) is 0 Å². The van der Waals surface area contributed by atoms with Crippen LogP contribution in [0.2, 0.25) is 0 Å². The van der Waals surface area contributed by atoms with E-state index in [0.29, 0.717) is 5.56 Å². The fourth-order valence-corrected chi connectivity index (χ4v) is 1.52. The van der Waals surface area contributed by atoms with Crippen molar-refractivity contribution >= 4 is 11.7 Å². The van der Waals surface area contributed by atoms with Crippen LogP contribution in [0.4, 0.5) is 5.69 Å². The monoisotopic (exact) mass is 266 g/mol. The molecular formula is C13H18N2O4. The highest BCUT2D eigenvalue weighted by Gasteiger charge is 2.19. The number of nitro benzene ring substituents is 1. The highest BCUT2D eigenvalue weighted by atomic mass is 16.6. The zero-order valence-electron chi connectivity index (χ0n) is 11.3. The number of non-ortho nitro benzene ring substituents is 1. The zero-order valence-corrected chi connectivity index (χ0v) is 11.3. The zero-order chi connectivity index (χ0) is 14.6. The Morgan fingerprint density at radius 3 is 2.32 bits per heavy atom. The maximum Gasteiger partial charge on any atom is 0.308 e. The van der Waals surface area contributed by atoms with Crippen LogP contribution in [-0.4, -0.2) is 16.5 Å². The lowest BCUT2D eigenvalue weighted by Crippen LogP contribution is -2.26. The lowest BCUT2D eigenvalue weighted by molar-refractivity contribution is -0.384. The van der Waals surface area contributed by atoms with Crippen LogP contribution in [0, 0.1) is 10.1 Å². The molecule has 19 heavy (non-hydrogen) atoms. The molecule has 1 aromatic carbocycles. The van der Waals surface area contributed by atoms with Gasteiger partial charge in [-0.3, -0.25) is 14.9 Å². The van der Waals surface area contributed by atoms with Crippen LogP contribution in [0.5, 0.6) is 0 Å². The molecule has 0 fully saturated rings. The number of nitro groups is 1. The second kappa shape index (κ2) is 5.79. The minimum absolute atomic E-state index is 0.00628. The van der Waals surface area contributed by atoms with E-state index in [0.717, 1.165) is 0 Å². The van der Waals surface area contributed by atoms with Gasteiger partial charge in [-0.2, -0.15) is 0 Å². The summed E-state index contributed by atoms with van der Waals surface area (Å²) in [5.74, 6) is -0.390. The fraction of sp³-hybridized carbons (Fsp3) is 0.462. The Morgan fingerprint density at radius 1 is 1.37 bits per heavy atom. The van der Waals surface area contributed by atoms with Gasteiger partial charge in [-0.15, -0.1) is 0 Å². The number of hydrogen-bond donors (Lipinski definition) is 1. The molecule has 0 aromatic heterocycles. The minimum Gasteiger partial charge on any atom is -0.460 e. The lowest BCUT2D eigenvalue weighted by Gasteiger charge is -2.21. The Kier molecular flexibility index (Phi) is 4.61. The molecule has 0 aliphatic rings. The van der Waals surface area contributed by atoms with Crippen molar-refractivity contribution in [2.24, 2.45) is 5.73 Å². The van der Waals surface area contributed by atoms with Gasteiger partial charge in [0.1, 0.15) is 5.60 Å². The standard InChI is InChI=1S/C13H18N2O4/c1-13(2,3)19-12(16)8-11(14)9-4-6-10(7-5-9)15(17)18/h4-7,11H,8,14H2,1-3H3/t11-/m1/s1. The van der Waals surface area contributed by atoms with Gasteiger partial charge in [0, 0.05) is 18.2 Å². The molecule has 0 aliphatic heterocycles. The van der Waals surface area contributed by atoms with E-state index in [4.69, 9.17) is 10.5 Å². The normalized spacial score (nSPS) is 12.8. The Labute approximate surface area is 111 Å². The van der Waals surface area contributed by atoms with Crippen molar-refractivity contribution in [3.05, 3.63) is 39.9 Å². The molecule has 104 valence electrons. The third-order valence-corrected chi connectivity index (χ3v) is 2.34. The number of benzene rings is 1. The summed E-state index contributed by atoms with van der Waals surface area (Å²) in [6, 6.07) is 5.30. The van der Waals surface area contributed by atoms with E-state index in [9.17, 15) is 14.9 Å². The number of nitrogens with zero attached hydrogens (tertiary/aromatic N) is 1. The highest BCUT2D eigenvalue weighted by Crippen LogP contribution is 2.20. The predicted molar refractivity (Wildman–Crippen MR) is 70.5 cm³/mol. The number of carbonyl (C=O) groups is 1. The van der Waals surface area contributed by atoms with Gasteiger partial charge in [-0.25, -0.2) is 0 Å². The highest BCUT2D eigenvalue weighted by molar-refractivity contribution is 5.71. The molecular weight excluding hydrogens is 248 g/mol. The summed E-state index contributed by atoms with van der Waals surface area (Å²) in [7, 11) is 0. The number of ether oxygens (including phenoxy) is 1. The van der Waals surface area contributed by atoms with Gasteiger partial charge >= 0.3 is 5.97 Å². The van der Waals surface area contributed by atoms with Crippen LogP contribution in [0.15, 0.2) is 24.3 Å². The third-order valence-electron chi connectivity index (χ3n) is 2.34. The first kappa shape index (κ1) is 15.1. The Bertz CT molecular complexity index is 463. The number of rotatable bonds is 4. The van der Waals surface area contributed by atoms with Crippen LogP contribution in [0.25, 0.3) is 0 Å². The summed E-state index contributed by atoms with van der Waals surface area (Å²) in [5, 5.41) is 10.5. The predicted octanol–water partition coefficient (Wildman–Crippen LogP) is 2.33. The average Bonchev–Trinajstić information content (AvgIpc) is 2.26. The van der Waals surface area contributed by atoms with Crippen LogP contribution in [0.3, 0.4) is 0 Å². The van der Waals surface area contributed by atoms with Crippen LogP contribution in [-0.2, 0) is 9.53 Å². The summed E-state index contributed by atoms with van der Waals surface area (Å²) in [6.07, 6.45) is 0.0368. The first-order valence-electron chi connectivity index (χ1n) is 5.91. The van der Waals surface area contributed by atoms with E-state index < -0.39 is 22.5 Å². The molecule has 0 saturated carbocycles. The molecule has 6 heteroatoms.